The largest absolute Gasteiger partial charge is 0.394 e. The summed E-state index contributed by atoms with van der Waals surface area (Å²) in [4.78, 5) is 12.4. The van der Waals surface area contributed by atoms with E-state index in [1.165, 1.54) is 6.33 Å². The fraction of sp³-hybridized carbons (Fsp3) is 0.615. The molecule has 2 aliphatic rings. The number of hydrogen-bond acceptors (Lipinski definition) is 8. The molecule has 2 fully saturated rings. The molecule has 0 spiro atoms. The summed E-state index contributed by atoms with van der Waals surface area (Å²) in [5, 5.41) is 9.52. The van der Waals surface area contributed by atoms with Gasteiger partial charge in [0.15, 0.2) is 23.5 Å². The van der Waals surface area contributed by atoms with Gasteiger partial charge in [-0.05, 0) is 13.8 Å². The molecule has 4 rings (SSSR count). The minimum absolute atomic E-state index is 0.152. The van der Waals surface area contributed by atoms with Crippen LogP contribution in [0.2, 0.25) is 0 Å². The number of rotatable bonds is 2. The van der Waals surface area contributed by atoms with Gasteiger partial charge < -0.3 is 25.1 Å². The second kappa shape index (κ2) is 4.59. The van der Waals surface area contributed by atoms with Crippen LogP contribution in [0, 0.1) is 0 Å². The predicted molar refractivity (Wildman–Crippen MR) is 74.6 cm³/mol. The molecular formula is C13H17N5O4. The molecule has 2 aliphatic heterocycles. The summed E-state index contributed by atoms with van der Waals surface area (Å²) in [5.41, 5.74) is 6.87. The molecular weight excluding hydrogens is 290 g/mol. The Bertz CT molecular complexity index is 718. The number of nitrogens with zero attached hydrogens (tertiary/aromatic N) is 4. The molecule has 0 unspecified atom stereocenters. The number of nitrogens with two attached hydrogens (primary N) is 1. The second-order valence-electron chi connectivity index (χ2n) is 5.90. The van der Waals surface area contributed by atoms with Crippen molar-refractivity contribution in [2.24, 2.45) is 0 Å². The van der Waals surface area contributed by atoms with Crippen LogP contribution in [0.15, 0.2) is 12.7 Å². The number of imidazole rings is 1. The van der Waals surface area contributed by atoms with E-state index in [9.17, 15) is 5.11 Å². The van der Waals surface area contributed by atoms with E-state index < -0.39 is 18.1 Å². The van der Waals surface area contributed by atoms with E-state index in [1.807, 2.05) is 13.8 Å². The van der Waals surface area contributed by atoms with Crippen molar-refractivity contribution in [3.05, 3.63) is 12.7 Å². The molecule has 9 nitrogen and oxygen atoms in total. The third kappa shape index (κ3) is 1.90. The van der Waals surface area contributed by atoms with Crippen LogP contribution in [-0.2, 0) is 14.2 Å². The zero-order valence-electron chi connectivity index (χ0n) is 12.2. The van der Waals surface area contributed by atoms with Gasteiger partial charge in [-0.25, -0.2) is 15.0 Å². The third-order valence-corrected chi connectivity index (χ3v) is 3.97. The predicted octanol–water partition coefficient (Wildman–Crippen LogP) is -0.182. The number of aliphatic hydroxyl groups is 1. The third-order valence-electron chi connectivity index (χ3n) is 3.97. The number of aromatic nitrogens is 4. The summed E-state index contributed by atoms with van der Waals surface area (Å²) in [6.45, 7) is 3.52. The summed E-state index contributed by atoms with van der Waals surface area (Å²) in [6, 6.07) is 0. The smallest absolute Gasteiger partial charge is 0.167 e. The molecule has 0 amide bonds. The maximum Gasteiger partial charge on any atom is 0.167 e. The van der Waals surface area contributed by atoms with E-state index in [4.69, 9.17) is 19.9 Å². The molecule has 0 saturated carbocycles. The minimum Gasteiger partial charge on any atom is -0.394 e. The molecule has 0 aliphatic carbocycles. The first kappa shape index (κ1) is 13.8. The molecule has 2 aromatic rings. The molecule has 4 heterocycles. The SMILES string of the molecule is CC1(C)O[C@@H]2[C@H](O1)[C@@H](n1cnc3c(N)ncnc31)O[C@H]2CO. The van der Waals surface area contributed by atoms with Crippen molar-refractivity contribution in [2.75, 3.05) is 12.3 Å². The molecule has 2 aromatic heterocycles. The van der Waals surface area contributed by atoms with Crippen molar-refractivity contribution in [2.45, 2.75) is 44.2 Å². The quantitative estimate of drug-likeness (QED) is 0.784. The fourth-order valence-corrected chi connectivity index (χ4v) is 3.09. The van der Waals surface area contributed by atoms with Crippen LogP contribution in [0.5, 0.6) is 0 Å². The van der Waals surface area contributed by atoms with Gasteiger partial charge in [-0.15, -0.1) is 0 Å². The summed E-state index contributed by atoms with van der Waals surface area (Å²) < 4.78 is 19.4. The molecule has 0 bridgehead atoms. The normalized spacial score (nSPS) is 33.4. The topological polar surface area (TPSA) is 118 Å². The Hall–Kier alpha value is -1.81. The van der Waals surface area contributed by atoms with Crippen LogP contribution >= 0.6 is 0 Å². The first-order chi connectivity index (χ1) is 10.5. The van der Waals surface area contributed by atoms with Crippen LogP contribution < -0.4 is 5.73 Å². The number of hydrogen-bond donors (Lipinski definition) is 2. The van der Waals surface area contributed by atoms with Gasteiger partial charge in [0.1, 0.15) is 30.2 Å². The van der Waals surface area contributed by atoms with E-state index in [0.29, 0.717) is 17.0 Å². The Morgan fingerprint density at radius 1 is 1.27 bits per heavy atom. The lowest BCUT2D eigenvalue weighted by Crippen LogP contribution is -2.31. The zero-order valence-corrected chi connectivity index (χ0v) is 12.2. The Morgan fingerprint density at radius 3 is 2.82 bits per heavy atom. The standard InChI is InChI=1S/C13H17N5O4/c1-13(2)21-8-6(3-19)20-12(9(8)22-13)18-5-17-7-10(14)15-4-16-11(7)18/h4-6,8-9,12,19H,3H2,1-2H3,(H2,14,15,16)/t6-,8-,9-,12-/m0/s1. The van der Waals surface area contributed by atoms with E-state index in [-0.39, 0.29) is 18.8 Å². The highest BCUT2D eigenvalue weighted by Gasteiger charge is 2.55. The molecule has 9 heteroatoms. The summed E-state index contributed by atoms with van der Waals surface area (Å²) >= 11 is 0. The number of nitrogen functional groups attached to an aromatic ring is 1. The van der Waals surface area contributed by atoms with Gasteiger partial charge in [0, 0.05) is 0 Å². The van der Waals surface area contributed by atoms with Crippen LogP contribution in [0.3, 0.4) is 0 Å². The Morgan fingerprint density at radius 2 is 2.05 bits per heavy atom. The lowest BCUT2D eigenvalue weighted by Gasteiger charge is -2.24. The Balaban J connectivity index is 1.77. The molecule has 2 saturated heterocycles. The lowest BCUT2D eigenvalue weighted by molar-refractivity contribution is -0.199. The first-order valence-corrected chi connectivity index (χ1v) is 7.05. The van der Waals surface area contributed by atoms with Crippen molar-refractivity contribution in [3.8, 4) is 0 Å². The van der Waals surface area contributed by atoms with Crippen LogP contribution in [0.1, 0.15) is 20.1 Å². The van der Waals surface area contributed by atoms with Crippen LogP contribution in [-0.4, -0.2) is 55.3 Å². The summed E-state index contributed by atoms with van der Waals surface area (Å²) in [6.07, 6.45) is 1.30. The number of ether oxygens (including phenoxy) is 3. The van der Waals surface area contributed by atoms with Crippen molar-refractivity contribution < 1.29 is 19.3 Å². The molecule has 0 radical (unpaired) electrons. The van der Waals surface area contributed by atoms with Crippen molar-refractivity contribution in [1.29, 1.82) is 0 Å². The van der Waals surface area contributed by atoms with Gasteiger partial charge in [-0.3, -0.25) is 4.57 Å². The van der Waals surface area contributed by atoms with E-state index in [2.05, 4.69) is 15.0 Å². The lowest BCUT2D eigenvalue weighted by atomic mass is 10.1. The maximum absolute atomic E-state index is 9.52. The Labute approximate surface area is 126 Å². The van der Waals surface area contributed by atoms with E-state index in [1.54, 1.807) is 10.9 Å². The highest BCUT2D eigenvalue weighted by molar-refractivity contribution is 5.81. The van der Waals surface area contributed by atoms with E-state index >= 15 is 0 Å². The molecule has 4 atom stereocenters. The van der Waals surface area contributed by atoms with Gasteiger partial charge in [-0.1, -0.05) is 0 Å². The molecule has 3 N–H and O–H groups in total. The molecule has 118 valence electrons. The zero-order chi connectivity index (χ0) is 15.5. The second-order valence-corrected chi connectivity index (χ2v) is 5.90. The number of anilines is 1. The fourth-order valence-electron chi connectivity index (χ4n) is 3.09. The van der Waals surface area contributed by atoms with Gasteiger partial charge in [0.05, 0.1) is 12.9 Å². The van der Waals surface area contributed by atoms with Crippen molar-refractivity contribution in [3.63, 3.8) is 0 Å². The van der Waals surface area contributed by atoms with Gasteiger partial charge in [0.25, 0.3) is 0 Å². The maximum atomic E-state index is 9.52. The monoisotopic (exact) mass is 307 g/mol. The number of fused-ring (bicyclic) bond motifs is 2. The number of aliphatic hydroxyl groups excluding tert-OH is 1. The van der Waals surface area contributed by atoms with Crippen molar-refractivity contribution >= 4 is 17.0 Å². The average molecular weight is 307 g/mol. The minimum atomic E-state index is -0.727. The van der Waals surface area contributed by atoms with Crippen LogP contribution in [0.4, 0.5) is 5.82 Å². The van der Waals surface area contributed by atoms with Gasteiger partial charge in [0.2, 0.25) is 0 Å². The Kier molecular flexibility index (Phi) is 2.89. The molecule has 0 aromatic carbocycles. The summed E-state index contributed by atoms with van der Waals surface area (Å²) in [7, 11) is 0. The van der Waals surface area contributed by atoms with Crippen LogP contribution in [0.25, 0.3) is 11.2 Å². The summed E-state index contributed by atoms with van der Waals surface area (Å²) in [5.74, 6) is -0.421. The molecule has 22 heavy (non-hydrogen) atoms. The average Bonchev–Trinajstić information content (AvgIpc) is 3.10. The van der Waals surface area contributed by atoms with E-state index in [0.717, 1.165) is 0 Å². The highest BCUT2D eigenvalue weighted by atomic mass is 16.8. The van der Waals surface area contributed by atoms with Gasteiger partial charge >= 0.3 is 0 Å². The van der Waals surface area contributed by atoms with Gasteiger partial charge in [-0.2, -0.15) is 0 Å². The van der Waals surface area contributed by atoms with Crippen molar-refractivity contribution in [1.82, 2.24) is 19.5 Å². The highest BCUT2D eigenvalue weighted by Crippen LogP contribution is 2.43. The first-order valence-electron chi connectivity index (χ1n) is 7.05.